The maximum atomic E-state index is 2.25. The quantitative estimate of drug-likeness (QED) is 0.636. The Kier molecular flexibility index (Phi) is 3.43. The first-order chi connectivity index (χ1) is 8.16. The SMILES string of the molecule is CC(=Cc1ccc(C)cc1C)c1ccccc1. The van der Waals surface area contributed by atoms with E-state index in [1.54, 1.807) is 0 Å². The average molecular weight is 222 g/mol. The molecule has 0 unspecified atom stereocenters. The van der Waals surface area contributed by atoms with Gasteiger partial charge in [-0.25, -0.2) is 0 Å². The monoisotopic (exact) mass is 222 g/mol. The van der Waals surface area contributed by atoms with Gasteiger partial charge < -0.3 is 0 Å². The largest absolute Gasteiger partial charge is 0.0622 e. The van der Waals surface area contributed by atoms with Gasteiger partial charge in [0.2, 0.25) is 0 Å². The molecule has 0 heteroatoms. The van der Waals surface area contributed by atoms with Crippen molar-refractivity contribution in [2.24, 2.45) is 0 Å². The van der Waals surface area contributed by atoms with Crippen LogP contribution in [0.25, 0.3) is 11.6 Å². The molecule has 0 atom stereocenters. The van der Waals surface area contributed by atoms with E-state index in [0.717, 1.165) is 0 Å². The molecular weight excluding hydrogens is 204 g/mol. The van der Waals surface area contributed by atoms with Crippen molar-refractivity contribution in [3.8, 4) is 0 Å². The fourth-order valence-electron chi connectivity index (χ4n) is 2.01. The van der Waals surface area contributed by atoms with Gasteiger partial charge in [-0.3, -0.25) is 0 Å². The first kappa shape index (κ1) is 11.7. The molecule has 0 aliphatic heterocycles. The van der Waals surface area contributed by atoms with Crippen molar-refractivity contribution in [3.05, 3.63) is 70.8 Å². The van der Waals surface area contributed by atoms with Crippen LogP contribution in [-0.4, -0.2) is 0 Å². The van der Waals surface area contributed by atoms with Gasteiger partial charge >= 0.3 is 0 Å². The van der Waals surface area contributed by atoms with E-state index in [2.05, 4.69) is 69.3 Å². The summed E-state index contributed by atoms with van der Waals surface area (Å²) in [6, 6.07) is 17.1. The van der Waals surface area contributed by atoms with Gasteiger partial charge in [-0.1, -0.05) is 60.2 Å². The van der Waals surface area contributed by atoms with Crippen LogP contribution in [0.1, 0.15) is 29.2 Å². The van der Waals surface area contributed by atoms with Crippen LogP contribution >= 0.6 is 0 Å². The smallest absolute Gasteiger partial charge is 0.0224 e. The summed E-state index contributed by atoms with van der Waals surface area (Å²) in [4.78, 5) is 0. The number of hydrogen-bond donors (Lipinski definition) is 0. The second kappa shape index (κ2) is 5.01. The van der Waals surface area contributed by atoms with Crippen molar-refractivity contribution >= 4 is 11.6 Å². The molecule has 0 amide bonds. The minimum absolute atomic E-state index is 1.28. The van der Waals surface area contributed by atoms with Gasteiger partial charge in [-0.15, -0.1) is 0 Å². The van der Waals surface area contributed by atoms with Crippen LogP contribution in [0.15, 0.2) is 48.5 Å². The summed E-state index contributed by atoms with van der Waals surface area (Å²) in [5, 5.41) is 0. The number of benzene rings is 2. The maximum Gasteiger partial charge on any atom is -0.0224 e. The molecule has 0 fully saturated rings. The zero-order valence-corrected chi connectivity index (χ0v) is 10.7. The molecule has 0 saturated carbocycles. The number of hydrogen-bond acceptors (Lipinski definition) is 0. The predicted octanol–water partition coefficient (Wildman–Crippen LogP) is 4.86. The highest BCUT2D eigenvalue weighted by Gasteiger charge is 1.98. The molecule has 0 aromatic heterocycles. The molecule has 0 heterocycles. The number of aryl methyl sites for hydroxylation is 2. The molecule has 2 aromatic rings. The average Bonchev–Trinajstić information content (AvgIpc) is 2.34. The molecule has 0 saturated heterocycles. The molecule has 0 N–H and O–H groups in total. The van der Waals surface area contributed by atoms with Crippen molar-refractivity contribution < 1.29 is 0 Å². The van der Waals surface area contributed by atoms with E-state index in [4.69, 9.17) is 0 Å². The Balaban J connectivity index is 2.36. The number of allylic oxidation sites excluding steroid dienone is 1. The van der Waals surface area contributed by atoms with Crippen molar-refractivity contribution in [2.75, 3.05) is 0 Å². The standard InChI is InChI=1S/C17H18/c1-13-9-10-17(14(2)11-13)12-15(3)16-7-5-4-6-8-16/h4-12H,1-3H3. The van der Waals surface area contributed by atoms with Crippen LogP contribution in [0.2, 0.25) is 0 Å². The highest BCUT2D eigenvalue weighted by Crippen LogP contribution is 2.20. The summed E-state index contributed by atoms with van der Waals surface area (Å²) < 4.78 is 0. The van der Waals surface area contributed by atoms with Gasteiger partial charge in [0, 0.05) is 0 Å². The molecule has 0 radical (unpaired) electrons. The van der Waals surface area contributed by atoms with Crippen molar-refractivity contribution in [3.63, 3.8) is 0 Å². The highest BCUT2D eigenvalue weighted by molar-refractivity contribution is 5.81. The van der Waals surface area contributed by atoms with Gasteiger partial charge in [0.25, 0.3) is 0 Å². The first-order valence-corrected chi connectivity index (χ1v) is 5.98. The van der Waals surface area contributed by atoms with Crippen LogP contribution in [-0.2, 0) is 0 Å². The lowest BCUT2D eigenvalue weighted by Gasteiger charge is -2.05. The number of rotatable bonds is 2. The van der Waals surface area contributed by atoms with E-state index >= 15 is 0 Å². The van der Waals surface area contributed by atoms with Gasteiger partial charge in [-0.2, -0.15) is 0 Å². The third kappa shape index (κ3) is 2.85. The van der Waals surface area contributed by atoms with Crippen LogP contribution in [0.4, 0.5) is 0 Å². The third-order valence-electron chi connectivity index (χ3n) is 3.03. The van der Waals surface area contributed by atoms with E-state index < -0.39 is 0 Å². The summed E-state index contributed by atoms with van der Waals surface area (Å²) in [6.45, 7) is 6.45. The lowest BCUT2D eigenvalue weighted by atomic mass is 10.0. The highest BCUT2D eigenvalue weighted by atomic mass is 14.0. The summed E-state index contributed by atoms with van der Waals surface area (Å²) in [6.07, 6.45) is 2.25. The minimum Gasteiger partial charge on any atom is -0.0622 e. The molecule has 0 nitrogen and oxygen atoms in total. The Labute approximate surface area is 104 Å². The van der Waals surface area contributed by atoms with Gasteiger partial charge in [0.05, 0.1) is 0 Å². The lowest BCUT2D eigenvalue weighted by Crippen LogP contribution is -1.84. The maximum absolute atomic E-state index is 2.25. The van der Waals surface area contributed by atoms with Crippen LogP contribution < -0.4 is 0 Å². The zero-order chi connectivity index (χ0) is 12.3. The van der Waals surface area contributed by atoms with Gasteiger partial charge in [-0.05, 0) is 43.0 Å². The first-order valence-electron chi connectivity index (χ1n) is 5.98. The summed E-state index contributed by atoms with van der Waals surface area (Å²) >= 11 is 0. The van der Waals surface area contributed by atoms with Gasteiger partial charge in [0.15, 0.2) is 0 Å². The van der Waals surface area contributed by atoms with Crippen LogP contribution in [0.5, 0.6) is 0 Å². The van der Waals surface area contributed by atoms with Crippen molar-refractivity contribution in [1.29, 1.82) is 0 Å². The predicted molar refractivity (Wildman–Crippen MR) is 75.9 cm³/mol. The van der Waals surface area contributed by atoms with Gasteiger partial charge in [0.1, 0.15) is 0 Å². The molecule has 0 aliphatic rings. The fraction of sp³-hybridized carbons (Fsp3) is 0.176. The Morgan fingerprint density at radius 2 is 1.65 bits per heavy atom. The van der Waals surface area contributed by atoms with E-state index in [1.165, 1.54) is 27.8 Å². The second-order valence-electron chi connectivity index (χ2n) is 4.55. The summed E-state index contributed by atoms with van der Waals surface area (Å²) in [5.41, 5.74) is 6.54. The van der Waals surface area contributed by atoms with Crippen molar-refractivity contribution in [2.45, 2.75) is 20.8 Å². The zero-order valence-electron chi connectivity index (χ0n) is 10.7. The Morgan fingerprint density at radius 3 is 2.29 bits per heavy atom. The second-order valence-corrected chi connectivity index (χ2v) is 4.55. The summed E-state index contributed by atoms with van der Waals surface area (Å²) in [5.74, 6) is 0. The topological polar surface area (TPSA) is 0 Å². The van der Waals surface area contributed by atoms with Crippen LogP contribution in [0.3, 0.4) is 0 Å². The van der Waals surface area contributed by atoms with E-state index in [0.29, 0.717) is 0 Å². The molecule has 86 valence electrons. The normalized spacial score (nSPS) is 11.6. The fourth-order valence-corrected chi connectivity index (χ4v) is 2.01. The molecule has 17 heavy (non-hydrogen) atoms. The minimum atomic E-state index is 1.28. The Hall–Kier alpha value is -1.82. The van der Waals surface area contributed by atoms with E-state index in [-0.39, 0.29) is 0 Å². The van der Waals surface area contributed by atoms with E-state index in [1.807, 2.05) is 6.07 Å². The Bertz CT molecular complexity index is 533. The molecular formula is C17H18. The molecule has 0 spiro atoms. The van der Waals surface area contributed by atoms with E-state index in [9.17, 15) is 0 Å². The van der Waals surface area contributed by atoms with Crippen molar-refractivity contribution in [1.82, 2.24) is 0 Å². The Morgan fingerprint density at radius 1 is 0.941 bits per heavy atom. The third-order valence-corrected chi connectivity index (χ3v) is 3.03. The molecule has 0 aliphatic carbocycles. The molecule has 2 aromatic carbocycles. The van der Waals surface area contributed by atoms with Crippen LogP contribution in [0, 0.1) is 13.8 Å². The lowest BCUT2D eigenvalue weighted by molar-refractivity contribution is 1.37. The summed E-state index contributed by atoms with van der Waals surface area (Å²) in [7, 11) is 0. The molecule has 2 rings (SSSR count). The molecule has 0 bridgehead atoms.